The van der Waals surface area contributed by atoms with Crippen LogP contribution in [-0.2, 0) is 14.3 Å². The largest absolute Gasteiger partial charge is 0.394 e. The van der Waals surface area contributed by atoms with Gasteiger partial charge in [-0.3, -0.25) is 4.79 Å². The summed E-state index contributed by atoms with van der Waals surface area (Å²) in [5.41, 5.74) is 0. The van der Waals surface area contributed by atoms with Gasteiger partial charge in [-0.15, -0.1) is 0 Å². The van der Waals surface area contributed by atoms with E-state index >= 15 is 0 Å². The van der Waals surface area contributed by atoms with Gasteiger partial charge in [0.15, 0.2) is 6.29 Å². The van der Waals surface area contributed by atoms with Crippen molar-refractivity contribution in [1.29, 1.82) is 0 Å². The van der Waals surface area contributed by atoms with Gasteiger partial charge in [0.05, 0.1) is 25.4 Å². The highest BCUT2D eigenvalue weighted by atomic mass is 16.7. The van der Waals surface area contributed by atoms with Crippen LogP contribution in [0, 0.1) is 0 Å². The number of aliphatic hydroxyl groups is 5. The van der Waals surface area contributed by atoms with Gasteiger partial charge >= 0.3 is 0 Å². The van der Waals surface area contributed by atoms with E-state index in [0.717, 1.165) is 116 Å². The number of hydrogen-bond donors (Lipinski definition) is 6. The smallest absolute Gasteiger partial charge is 0.220 e. The van der Waals surface area contributed by atoms with Crippen molar-refractivity contribution in [3.05, 3.63) is 122 Å². The van der Waals surface area contributed by atoms with Gasteiger partial charge in [0.2, 0.25) is 5.91 Å². The van der Waals surface area contributed by atoms with Crippen molar-refractivity contribution in [3.63, 3.8) is 0 Å². The molecule has 452 valence electrons. The first-order valence-corrected chi connectivity index (χ1v) is 32.3. The molecule has 0 aromatic heterocycles. The molecule has 0 spiro atoms. The lowest BCUT2D eigenvalue weighted by atomic mass is 9.99. The Bertz CT molecular complexity index is 1660. The van der Waals surface area contributed by atoms with Gasteiger partial charge in [0, 0.05) is 6.42 Å². The Morgan fingerprint density at radius 3 is 1.22 bits per heavy atom. The summed E-state index contributed by atoms with van der Waals surface area (Å²) in [7, 11) is 0. The van der Waals surface area contributed by atoms with Crippen molar-refractivity contribution in [2.75, 3.05) is 13.2 Å². The van der Waals surface area contributed by atoms with Gasteiger partial charge in [-0.05, 0) is 96.3 Å². The minimum absolute atomic E-state index is 0.204. The first-order valence-electron chi connectivity index (χ1n) is 32.3. The van der Waals surface area contributed by atoms with Gasteiger partial charge < -0.3 is 40.3 Å². The van der Waals surface area contributed by atoms with Crippen LogP contribution in [0.4, 0.5) is 0 Å². The van der Waals surface area contributed by atoms with E-state index < -0.39 is 49.5 Å². The Morgan fingerprint density at radius 2 is 0.797 bits per heavy atom. The number of unbranched alkanes of at least 4 members (excludes halogenated alkanes) is 26. The number of rotatable bonds is 54. The molecule has 7 unspecified atom stereocenters. The van der Waals surface area contributed by atoms with E-state index in [2.05, 4.69) is 129 Å². The van der Waals surface area contributed by atoms with E-state index in [0.29, 0.717) is 6.42 Å². The van der Waals surface area contributed by atoms with E-state index in [1.54, 1.807) is 6.08 Å². The SMILES string of the molecule is CC/C=C\C/C=C\C/C=C\C/C=C\C/C=C\C/C=C\C/C=C\C/C=C\CCCCCCCCC(=O)NC(COC1OC(CO)C(O)C(O)C1O)C(O)/C=C/CC/C=C/CCCCCCCCCCCCCCCCCCCCC. The van der Waals surface area contributed by atoms with Crippen LogP contribution in [0.3, 0.4) is 0 Å². The highest BCUT2D eigenvalue weighted by molar-refractivity contribution is 5.76. The van der Waals surface area contributed by atoms with Crippen LogP contribution in [0.15, 0.2) is 122 Å². The number of aliphatic hydroxyl groups excluding tert-OH is 5. The molecule has 1 fully saturated rings. The van der Waals surface area contributed by atoms with Gasteiger partial charge in [0.25, 0.3) is 0 Å². The molecule has 0 bridgehead atoms. The van der Waals surface area contributed by atoms with Crippen LogP contribution >= 0.6 is 0 Å². The zero-order valence-electron chi connectivity index (χ0n) is 50.3. The van der Waals surface area contributed by atoms with Crippen molar-refractivity contribution in [2.45, 2.75) is 301 Å². The molecule has 0 aromatic rings. The van der Waals surface area contributed by atoms with E-state index in [1.165, 1.54) is 122 Å². The maximum atomic E-state index is 13.1. The quantitative estimate of drug-likeness (QED) is 0.0261. The molecular formula is C70H119NO8. The number of carbonyl (C=O) groups excluding carboxylic acids is 1. The Hall–Kier alpha value is -3.41. The molecule has 79 heavy (non-hydrogen) atoms. The standard InChI is InChI=1S/C70H119NO8/c1-3-5-7-9-11-13-15-17-19-21-23-25-27-29-30-31-32-33-34-36-38-40-42-44-46-48-50-52-54-56-58-60-66(74)71-63(62-78-70-69(77)68(76)67(75)65(61-72)79-70)64(73)59-57-55-53-51-49-47-45-43-41-39-37-35-28-26-24-22-20-18-16-14-12-10-8-6-4-2/h5,7,11,13,17,19,23,25,29-30,32-33,36,38,42,44,49,51,57,59,63-65,67-70,72-73,75-77H,3-4,6,8-10,12,14-16,18,20-22,24,26-28,31,34-35,37,39-41,43,45-48,50,52-56,58,60-62H2,1-2H3,(H,71,74)/b7-5-,13-11-,19-17-,25-23-,30-29-,33-32-,38-36-,44-42-,51-49+,59-57+. The van der Waals surface area contributed by atoms with Crippen LogP contribution in [-0.4, -0.2) is 87.5 Å². The van der Waals surface area contributed by atoms with Crippen molar-refractivity contribution in [1.82, 2.24) is 5.32 Å². The van der Waals surface area contributed by atoms with Crippen molar-refractivity contribution < 1.29 is 39.8 Å². The summed E-state index contributed by atoms with van der Waals surface area (Å²) in [6.45, 7) is 3.65. The van der Waals surface area contributed by atoms with E-state index in [4.69, 9.17) is 9.47 Å². The Morgan fingerprint density at radius 1 is 0.443 bits per heavy atom. The third-order valence-electron chi connectivity index (χ3n) is 14.5. The van der Waals surface area contributed by atoms with Crippen molar-refractivity contribution in [3.8, 4) is 0 Å². The summed E-state index contributed by atoms with van der Waals surface area (Å²) < 4.78 is 11.3. The minimum Gasteiger partial charge on any atom is -0.394 e. The fraction of sp³-hybridized carbons (Fsp3) is 0.700. The summed E-state index contributed by atoms with van der Waals surface area (Å²) in [6.07, 6.45) is 79.9. The van der Waals surface area contributed by atoms with E-state index in [1.807, 2.05) is 6.08 Å². The zero-order valence-corrected chi connectivity index (χ0v) is 50.3. The molecule has 1 rings (SSSR count). The predicted molar refractivity (Wildman–Crippen MR) is 336 cm³/mol. The second kappa shape index (κ2) is 57.8. The number of allylic oxidation sites excluding steroid dienone is 19. The number of nitrogens with one attached hydrogen (secondary N) is 1. The minimum atomic E-state index is -1.58. The van der Waals surface area contributed by atoms with Gasteiger partial charge in [-0.2, -0.15) is 0 Å². The number of hydrogen-bond acceptors (Lipinski definition) is 8. The third kappa shape index (κ3) is 46.9. The first kappa shape index (κ1) is 73.6. The lowest BCUT2D eigenvalue weighted by Gasteiger charge is -2.40. The van der Waals surface area contributed by atoms with Crippen LogP contribution in [0.5, 0.6) is 0 Å². The highest BCUT2D eigenvalue weighted by Gasteiger charge is 2.44. The third-order valence-corrected chi connectivity index (χ3v) is 14.5. The fourth-order valence-electron chi connectivity index (χ4n) is 9.48. The second-order valence-corrected chi connectivity index (χ2v) is 21.8. The monoisotopic (exact) mass is 1100 g/mol. The molecule has 0 saturated carbocycles. The summed E-state index contributed by atoms with van der Waals surface area (Å²) in [5.74, 6) is -0.204. The maximum absolute atomic E-state index is 13.1. The molecule has 1 amide bonds. The zero-order chi connectivity index (χ0) is 57.2. The van der Waals surface area contributed by atoms with Crippen LogP contribution in [0.25, 0.3) is 0 Å². The fourth-order valence-corrected chi connectivity index (χ4v) is 9.48. The number of amides is 1. The summed E-state index contributed by atoms with van der Waals surface area (Å²) >= 11 is 0. The average Bonchev–Trinajstić information content (AvgIpc) is 3.47. The molecule has 0 aromatic carbocycles. The molecule has 0 aliphatic carbocycles. The van der Waals surface area contributed by atoms with Crippen LogP contribution in [0.1, 0.15) is 258 Å². The summed E-state index contributed by atoms with van der Waals surface area (Å²) in [6, 6.07) is -0.841. The molecule has 1 aliphatic heterocycles. The number of carbonyl (C=O) groups is 1. The van der Waals surface area contributed by atoms with Crippen LogP contribution < -0.4 is 5.32 Å². The number of ether oxygens (including phenoxy) is 2. The van der Waals surface area contributed by atoms with Gasteiger partial charge in [-0.25, -0.2) is 0 Å². The lowest BCUT2D eigenvalue weighted by molar-refractivity contribution is -0.302. The van der Waals surface area contributed by atoms with Crippen LogP contribution in [0.2, 0.25) is 0 Å². The van der Waals surface area contributed by atoms with E-state index in [9.17, 15) is 30.3 Å². The molecular weight excluding hydrogens is 983 g/mol. The van der Waals surface area contributed by atoms with Crippen molar-refractivity contribution in [2.24, 2.45) is 0 Å². The summed E-state index contributed by atoms with van der Waals surface area (Å²) in [4.78, 5) is 13.1. The topological polar surface area (TPSA) is 149 Å². The molecule has 7 atom stereocenters. The highest BCUT2D eigenvalue weighted by Crippen LogP contribution is 2.23. The molecule has 0 radical (unpaired) electrons. The van der Waals surface area contributed by atoms with E-state index in [-0.39, 0.29) is 12.5 Å². The molecule has 1 heterocycles. The lowest BCUT2D eigenvalue weighted by Crippen LogP contribution is -2.60. The normalized spacial score (nSPS) is 19.4. The average molecular weight is 1100 g/mol. The maximum Gasteiger partial charge on any atom is 0.220 e. The molecule has 1 aliphatic rings. The van der Waals surface area contributed by atoms with Gasteiger partial charge in [-0.1, -0.05) is 277 Å². The molecule has 9 heteroatoms. The Kier molecular flexibility index (Phi) is 53.9. The molecule has 6 N–H and O–H groups in total. The first-order chi connectivity index (χ1) is 38.8. The Labute approximate surface area is 484 Å². The molecule has 1 saturated heterocycles. The predicted octanol–water partition coefficient (Wildman–Crippen LogP) is 17.1. The van der Waals surface area contributed by atoms with Crippen molar-refractivity contribution >= 4 is 5.91 Å². The second-order valence-electron chi connectivity index (χ2n) is 21.8. The van der Waals surface area contributed by atoms with Gasteiger partial charge in [0.1, 0.15) is 24.4 Å². The Balaban J connectivity index is 2.24. The molecule has 9 nitrogen and oxygen atoms in total. The summed E-state index contributed by atoms with van der Waals surface area (Å²) in [5, 5.41) is 54.6.